The Balaban J connectivity index is 1.76. The SMILES string of the molecule is Cc1cc(C)n(-c2cccc(NC(=O)C3CNCCO3)c2)n1. The van der Waals surface area contributed by atoms with Crippen LogP contribution in [0.1, 0.15) is 11.4 Å². The van der Waals surface area contributed by atoms with Gasteiger partial charge in [-0.05, 0) is 38.1 Å². The van der Waals surface area contributed by atoms with Crippen molar-refractivity contribution in [1.82, 2.24) is 15.1 Å². The Kier molecular flexibility index (Phi) is 4.22. The Morgan fingerprint density at radius 3 is 2.95 bits per heavy atom. The molecule has 6 heteroatoms. The molecule has 1 atom stereocenters. The summed E-state index contributed by atoms with van der Waals surface area (Å²) in [7, 11) is 0. The van der Waals surface area contributed by atoms with Crippen LogP contribution in [-0.2, 0) is 9.53 Å². The van der Waals surface area contributed by atoms with Gasteiger partial charge < -0.3 is 15.4 Å². The average molecular weight is 300 g/mol. The number of hydrogen-bond acceptors (Lipinski definition) is 4. The van der Waals surface area contributed by atoms with Gasteiger partial charge in [0, 0.05) is 24.5 Å². The predicted molar refractivity (Wildman–Crippen MR) is 84.3 cm³/mol. The molecule has 0 radical (unpaired) electrons. The number of aryl methyl sites for hydroxylation is 2. The van der Waals surface area contributed by atoms with E-state index in [1.54, 1.807) is 0 Å². The normalized spacial score (nSPS) is 18.2. The van der Waals surface area contributed by atoms with Gasteiger partial charge in [-0.3, -0.25) is 4.79 Å². The predicted octanol–water partition coefficient (Wildman–Crippen LogP) is 1.42. The largest absolute Gasteiger partial charge is 0.366 e. The summed E-state index contributed by atoms with van der Waals surface area (Å²) in [5, 5.41) is 10.5. The smallest absolute Gasteiger partial charge is 0.254 e. The fraction of sp³-hybridized carbons (Fsp3) is 0.375. The van der Waals surface area contributed by atoms with Crippen LogP contribution in [-0.4, -0.2) is 41.5 Å². The van der Waals surface area contributed by atoms with Crippen molar-refractivity contribution < 1.29 is 9.53 Å². The van der Waals surface area contributed by atoms with E-state index in [1.165, 1.54) is 0 Å². The van der Waals surface area contributed by atoms with E-state index >= 15 is 0 Å². The van der Waals surface area contributed by atoms with Crippen molar-refractivity contribution in [3.63, 3.8) is 0 Å². The van der Waals surface area contributed by atoms with Crippen molar-refractivity contribution in [3.8, 4) is 5.69 Å². The minimum Gasteiger partial charge on any atom is -0.366 e. The maximum absolute atomic E-state index is 12.2. The highest BCUT2D eigenvalue weighted by Gasteiger charge is 2.21. The maximum atomic E-state index is 12.2. The van der Waals surface area contributed by atoms with Crippen LogP contribution in [0.15, 0.2) is 30.3 Å². The van der Waals surface area contributed by atoms with Gasteiger partial charge in [0.1, 0.15) is 6.10 Å². The third-order valence-corrected chi connectivity index (χ3v) is 3.59. The van der Waals surface area contributed by atoms with Crippen LogP contribution in [0.2, 0.25) is 0 Å². The van der Waals surface area contributed by atoms with Crippen LogP contribution >= 0.6 is 0 Å². The Morgan fingerprint density at radius 1 is 1.41 bits per heavy atom. The number of anilines is 1. The van der Waals surface area contributed by atoms with Gasteiger partial charge in [0.15, 0.2) is 0 Å². The van der Waals surface area contributed by atoms with E-state index in [9.17, 15) is 4.79 Å². The highest BCUT2D eigenvalue weighted by molar-refractivity contribution is 5.94. The first-order valence-electron chi connectivity index (χ1n) is 7.40. The van der Waals surface area contributed by atoms with E-state index in [2.05, 4.69) is 15.7 Å². The fourth-order valence-electron chi connectivity index (χ4n) is 2.56. The third-order valence-electron chi connectivity index (χ3n) is 3.59. The van der Waals surface area contributed by atoms with Crippen LogP contribution in [0.3, 0.4) is 0 Å². The molecule has 2 N–H and O–H groups in total. The Hall–Kier alpha value is -2.18. The van der Waals surface area contributed by atoms with Gasteiger partial charge in [-0.15, -0.1) is 0 Å². The lowest BCUT2D eigenvalue weighted by Crippen LogP contribution is -2.45. The highest BCUT2D eigenvalue weighted by Crippen LogP contribution is 2.17. The molecule has 1 aromatic heterocycles. The first-order chi connectivity index (χ1) is 10.6. The monoisotopic (exact) mass is 300 g/mol. The van der Waals surface area contributed by atoms with E-state index in [4.69, 9.17) is 4.74 Å². The summed E-state index contributed by atoms with van der Waals surface area (Å²) in [6.45, 7) is 5.86. The summed E-state index contributed by atoms with van der Waals surface area (Å²) in [4.78, 5) is 12.2. The summed E-state index contributed by atoms with van der Waals surface area (Å²) < 4.78 is 7.32. The number of hydrogen-bond donors (Lipinski definition) is 2. The Labute approximate surface area is 129 Å². The fourth-order valence-corrected chi connectivity index (χ4v) is 2.56. The minimum absolute atomic E-state index is 0.127. The van der Waals surface area contributed by atoms with Crippen LogP contribution in [0, 0.1) is 13.8 Å². The number of rotatable bonds is 3. The third kappa shape index (κ3) is 3.18. The zero-order valence-electron chi connectivity index (χ0n) is 12.8. The van der Waals surface area contributed by atoms with E-state index in [0.29, 0.717) is 13.2 Å². The van der Waals surface area contributed by atoms with Crippen LogP contribution in [0.4, 0.5) is 5.69 Å². The molecule has 1 amide bonds. The number of aromatic nitrogens is 2. The van der Waals surface area contributed by atoms with Crippen molar-refractivity contribution in [3.05, 3.63) is 41.7 Å². The number of ether oxygens (including phenoxy) is 1. The van der Waals surface area contributed by atoms with Crippen molar-refractivity contribution in [2.75, 3.05) is 25.0 Å². The molecule has 0 aliphatic carbocycles. The number of morpholine rings is 1. The number of nitrogens with zero attached hydrogens (tertiary/aromatic N) is 2. The van der Waals surface area contributed by atoms with Crippen LogP contribution < -0.4 is 10.6 Å². The molecule has 6 nitrogen and oxygen atoms in total. The molecule has 1 aromatic carbocycles. The molecule has 0 saturated carbocycles. The quantitative estimate of drug-likeness (QED) is 0.899. The first-order valence-corrected chi connectivity index (χ1v) is 7.40. The topological polar surface area (TPSA) is 68.2 Å². The second-order valence-electron chi connectivity index (χ2n) is 5.44. The summed E-state index contributed by atoms with van der Waals surface area (Å²) in [6, 6.07) is 9.67. The van der Waals surface area contributed by atoms with Gasteiger partial charge in [0.05, 0.1) is 18.0 Å². The van der Waals surface area contributed by atoms with E-state index in [1.807, 2.05) is 48.9 Å². The lowest BCUT2D eigenvalue weighted by molar-refractivity contribution is -0.128. The Morgan fingerprint density at radius 2 is 2.27 bits per heavy atom. The first kappa shape index (κ1) is 14.7. The maximum Gasteiger partial charge on any atom is 0.254 e. The van der Waals surface area contributed by atoms with Gasteiger partial charge in [0.2, 0.25) is 0 Å². The molecule has 1 aliphatic rings. The molecule has 0 spiro atoms. The number of nitrogens with one attached hydrogen (secondary N) is 2. The molecule has 2 heterocycles. The number of benzene rings is 1. The van der Waals surface area contributed by atoms with E-state index in [0.717, 1.165) is 29.3 Å². The van der Waals surface area contributed by atoms with Crippen LogP contribution in [0.25, 0.3) is 5.69 Å². The molecule has 1 fully saturated rings. The van der Waals surface area contributed by atoms with Gasteiger partial charge in [0.25, 0.3) is 5.91 Å². The molecule has 0 bridgehead atoms. The molecule has 1 aliphatic heterocycles. The second kappa shape index (κ2) is 6.29. The lowest BCUT2D eigenvalue weighted by Gasteiger charge is -2.22. The molecular weight excluding hydrogens is 280 g/mol. The standard InChI is InChI=1S/C16H20N4O2/c1-11-8-12(2)20(19-11)14-5-3-4-13(9-14)18-16(21)15-10-17-6-7-22-15/h3-5,8-9,15,17H,6-7,10H2,1-2H3,(H,18,21). The van der Waals surface area contributed by atoms with Gasteiger partial charge >= 0.3 is 0 Å². The summed E-state index contributed by atoms with van der Waals surface area (Å²) >= 11 is 0. The summed E-state index contributed by atoms with van der Waals surface area (Å²) in [6.07, 6.45) is -0.439. The molecule has 116 valence electrons. The molecule has 1 saturated heterocycles. The zero-order valence-corrected chi connectivity index (χ0v) is 12.8. The molecule has 2 aromatic rings. The Bertz CT molecular complexity index is 675. The van der Waals surface area contributed by atoms with Crippen molar-refractivity contribution in [1.29, 1.82) is 0 Å². The van der Waals surface area contributed by atoms with Gasteiger partial charge in [-0.1, -0.05) is 6.07 Å². The number of carbonyl (C=O) groups excluding carboxylic acids is 1. The van der Waals surface area contributed by atoms with Crippen molar-refractivity contribution in [2.24, 2.45) is 0 Å². The zero-order chi connectivity index (χ0) is 15.5. The minimum atomic E-state index is -0.439. The lowest BCUT2D eigenvalue weighted by atomic mass is 10.2. The average Bonchev–Trinajstić information content (AvgIpc) is 2.87. The highest BCUT2D eigenvalue weighted by atomic mass is 16.5. The van der Waals surface area contributed by atoms with E-state index < -0.39 is 6.10 Å². The molecular formula is C16H20N4O2. The van der Waals surface area contributed by atoms with Crippen LogP contribution in [0.5, 0.6) is 0 Å². The van der Waals surface area contributed by atoms with Gasteiger partial charge in [-0.2, -0.15) is 5.10 Å². The van der Waals surface area contributed by atoms with Crippen molar-refractivity contribution >= 4 is 11.6 Å². The molecule has 1 unspecified atom stereocenters. The summed E-state index contributed by atoms with van der Waals surface area (Å²) in [5.74, 6) is -0.127. The molecule has 22 heavy (non-hydrogen) atoms. The van der Waals surface area contributed by atoms with Crippen molar-refractivity contribution in [2.45, 2.75) is 20.0 Å². The second-order valence-corrected chi connectivity index (χ2v) is 5.44. The van der Waals surface area contributed by atoms with E-state index in [-0.39, 0.29) is 5.91 Å². The number of carbonyl (C=O) groups is 1. The summed E-state index contributed by atoms with van der Waals surface area (Å²) in [5.41, 5.74) is 3.68. The number of amides is 1. The molecule has 3 rings (SSSR count). The van der Waals surface area contributed by atoms with Gasteiger partial charge in [-0.25, -0.2) is 4.68 Å².